The molecule has 0 saturated carbocycles. The van der Waals surface area contributed by atoms with Crippen molar-refractivity contribution < 1.29 is 9.53 Å². The fraction of sp³-hybridized carbons (Fsp3) is 0.875. The smallest absolute Gasteiger partial charge is 0.311 e. The topological polar surface area (TPSA) is 26.3 Å². The number of halogens is 4. The van der Waals surface area contributed by atoms with Gasteiger partial charge < -0.3 is 4.74 Å². The Labute approximate surface area is 113 Å². The van der Waals surface area contributed by atoms with E-state index in [0.29, 0.717) is 4.43 Å². The van der Waals surface area contributed by atoms with E-state index in [2.05, 4.69) is 0 Å². The van der Waals surface area contributed by atoms with Gasteiger partial charge in [-0.15, -0.1) is 0 Å². The number of hydrogen-bond donors (Lipinski definition) is 0. The summed E-state index contributed by atoms with van der Waals surface area (Å²) in [6, 6.07) is 0. The van der Waals surface area contributed by atoms with Gasteiger partial charge >= 0.3 is 5.97 Å². The Morgan fingerprint density at radius 1 is 1.36 bits per heavy atom. The van der Waals surface area contributed by atoms with Crippen molar-refractivity contribution in [1.29, 1.82) is 0 Å². The number of hydrogen-bond acceptors (Lipinski definition) is 2. The van der Waals surface area contributed by atoms with Crippen LogP contribution < -0.4 is 0 Å². The van der Waals surface area contributed by atoms with Crippen LogP contribution in [0.15, 0.2) is 0 Å². The molecule has 0 saturated heterocycles. The summed E-state index contributed by atoms with van der Waals surface area (Å²) in [4.78, 5) is 11.5. The number of esters is 1. The van der Waals surface area contributed by atoms with Gasteiger partial charge in [-0.2, -0.15) is 0 Å². The lowest BCUT2D eigenvalue weighted by molar-refractivity contribution is -0.157. The molecule has 0 aromatic rings. The molecule has 0 rings (SSSR count). The number of carbonyl (C=O) groups is 1. The van der Waals surface area contributed by atoms with Crippen molar-refractivity contribution in [1.82, 2.24) is 0 Å². The first-order valence-corrected chi connectivity index (χ1v) is 6.58. The van der Waals surface area contributed by atoms with Crippen LogP contribution in [0.2, 0.25) is 0 Å². The molecule has 0 aliphatic rings. The highest BCUT2D eigenvalue weighted by molar-refractivity contribution is 14.1. The summed E-state index contributed by atoms with van der Waals surface area (Å²) in [5.41, 5.74) is -0.583. The second-order valence-electron chi connectivity index (χ2n) is 3.84. The quantitative estimate of drug-likeness (QED) is 0.419. The minimum absolute atomic E-state index is 0.370. The fourth-order valence-electron chi connectivity index (χ4n) is 0.492. The van der Waals surface area contributed by atoms with Gasteiger partial charge in [0.25, 0.3) is 0 Å². The standard InChI is InChI=1S/C8H12Cl3IO2/c1-7(2,3)6(13)14-5(4-12)8(9,10)11/h5H,4H2,1-3H3. The molecule has 1 unspecified atom stereocenters. The highest BCUT2D eigenvalue weighted by Crippen LogP contribution is 2.34. The number of ether oxygens (including phenoxy) is 1. The predicted molar refractivity (Wildman–Crippen MR) is 68.5 cm³/mol. The van der Waals surface area contributed by atoms with Crippen LogP contribution in [0.3, 0.4) is 0 Å². The van der Waals surface area contributed by atoms with Crippen molar-refractivity contribution in [2.75, 3.05) is 4.43 Å². The third kappa shape index (κ3) is 5.24. The molecule has 0 aliphatic carbocycles. The van der Waals surface area contributed by atoms with E-state index >= 15 is 0 Å². The van der Waals surface area contributed by atoms with Crippen LogP contribution in [-0.4, -0.2) is 20.3 Å². The zero-order valence-corrected chi connectivity index (χ0v) is 12.5. The van der Waals surface area contributed by atoms with Gasteiger partial charge in [-0.3, -0.25) is 4.79 Å². The van der Waals surface area contributed by atoms with E-state index in [4.69, 9.17) is 39.5 Å². The average molecular weight is 373 g/mol. The van der Waals surface area contributed by atoms with Crippen molar-refractivity contribution in [3.8, 4) is 0 Å². The number of alkyl halides is 4. The highest BCUT2D eigenvalue weighted by atomic mass is 127. The summed E-state index contributed by atoms with van der Waals surface area (Å²) in [7, 11) is 0. The van der Waals surface area contributed by atoms with Crippen LogP contribution in [0.1, 0.15) is 20.8 Å². The molecule has 0 amide bonds. The molecule has 0 radical (unpaired) electrons. The molecule has 0 spiro atoms. The molecule has 0 heterocycles. The molecule has 0 aromatic heterocycles. The first-order valence-electron chi connectivity index (χ1n) is 3.93. The Kier molecular flexibility index (Phi) is 5.83. The maximum Gasteiger partial charge on any atom is 0.311 e. The maximum atomic E-state index is 11.5. The first-order chi connectivity index (χ1) is 6.09. The number of carbonyl (C=O) groups excluding carboxylic acids is 1. The maximum absolute atomic E-state index is 11.5. The van der Waals surface area contributed by atoms with Gasteiger partial charge in [-0.25, -0.2) is 0 Å². The van der Waals surface area contributed by atoms with Crippen LogP contribution in [0.4, 0.5) is 0 Å². The molecule has 14 heavy (non-hydrogen) atoms. The van der Waals surface area contributed by atoms with Gasteiger partial charge in [0.1, 0.15) is 0 Å². The largest absolute Gasteiger partial charge is 0.457 e. The van der Waals surface area contributed by atoms with Gasteiger partial charge in [0.2, 0.25) is 3.79 Å². The summed E-state index contributed by atoms with van der Waals surface area (Å²) in [6.45, 7) is 5.24. The molecule has 2 nitrogen and oxygen atoms in total. The third-order valence-electron chi connectivity index (χ3n) is 1.37. The van der Waals surface area contributed by atoms with Gasteiger partial charge in [-0.1, -0.05) is 57.4 Å². The van der Waals surface area contributed by atoms with E-state index in [0.717, 1.165) is 0 Å². The van der Waals surface area contributed by atoms with Crippen molar-refractivity contribution in [3.05, 3.63) is 0 Å². The van der Waals surface area contributed by atoms with Crippen LogP contribution in [0.25, 0.3) is 0 Å². The van der Waals surface area contributed by atoms with Crippen LogP contribution >= 0.6 is 57.4 Å². The number of rotatable bonds is 2. The molecule has 1 atom stereocenters. The Hall–Kier alpha value is 1.07. The zero-order valence-electron chi connectivity index (χ0n) is 8.11. The van der Waals surface area contributed by atoms with Crippen molar-refractivity contribution in [3.63, 3.8) is 0 Å². The van der Waals surface area contributed by atoms with E-state index < -0.39 is 15.3 Å². The Balaban J connectivity index is 4.43. The Morgan fingerprint density at radius 2 is 1.79 bits per heavy atom. The lowest BCUT2D eigenvalue weighted by Crippen LogP contribution is -2.36. The first kappa shape index (κ1) is 15.1. The lowest BCUT2D eigenvalue weighted by atomic mass is 9.97. The van der Waals surface area contributed by atoms with Crippen molar-refractivity contribution in [2.24, 2.45) is 5.41 Å². The van der Waals surface area contributed by atoms with Gasteiger partial charge in [0, 0.05) is 4.43 Å². The van der Waals surface area contributed by atoms with E-state index in [1.54, 1.807) is 20.8 Å². The monoisotopic (exact) mass is 372 g/mol. The fourth-order valence-corrected chi connectivity index (χ4v) is 2.48. The molecule has 0 fully saturated rings. The summed E-state index contributed by atoms with van der Waals surface area (Å²) in [6.07, 6.45) is -0.708. The minimum atomic E-state index is -1.57. The van der Waals surface area contributed by atoms with Gasteiger partial charge in [-0.05, 0) is 20.8 Å². The van der Waals surface area contributed by atoms with E-state index in [9.17, 15) is 4.79 Å². The molecule has 0 bridgehead atoms. The molecule has 84 valence electrons. The lowest BCUT2D eigenvalue weighted by Gasteiger charge is -2.26. The molecule has 0 N–H and O–H groups in total. The normalized spacial score (nSPS) is 15.1. The van der Waals surface area contributed by atoms with Gasteiger partial charge in [0.05, 0.1) is 5.41 Å². The highest BCUT2D eigenvalue weighted by Gasteiger charge is 2.37. The van der Waals surface area contributed by atoms with Gasteiger partial charge in [0.15, 0.2) is 6.10 Å². The van der Waals surface area contributed by atoms with E-state index in [-0.39, 0.29) is 5.97 Å². The average Bonchev–Trinajstić information content (AvgIpc) is 1.95. The Bertz CT molecular complexity index is 208. The molecular formula is C8H12Cl3IO2. The molecule has 0 aliphatic heterocycles. The van der Waals surface area contributed by atoms with Crippen molar-refractivity contribution in [2.45, 2.75) is 30.7 Å². The second-order valence-corrected chi connectivity index (χ2v) is 7.09. The zero-order chi connectivity index (χ0) is 11.6. The summed E-state index contributed by atoms with van der Waals surface area (Å²) in [5, 5.41) is 0. The van der Waals surface area contributed by atoms with E-state index in [1.165, 1.54) is 0 Å². The minimum Gasteiger partial charge on any atom is -0.457 e. The van der Waals surface area contributed by atoms with Crippen LogP contribution in [0, 0.1) is 5.41 Å². The molecule has 6 heteroatoms. The Morgan fingerprint density at radius 3 is 2.00 bits per heavy atom. The summed E-state index contributed by atoms with van der Waals surface area (Å²) < 4.78 is 3.96. The summed E-state index contributed by atoms with van der Waals surface area (Å²) in [5.74, 6) is -0.370. The molecular weight excluding hydrogens is 361 g/mol. The van der Waals surface area contributed by atoms with Crippen LogP contribution in [-0.2, 0) is 9.53 Å². The van der Waals surface area contributed by atoms with Crippen molar-refractivity contribution >= 4 is 63.4 Å². The van der Waals surface area contributed by atoms with E-state index in [1.807, 2.05) is 22.6 Å². The second kappa shape index (κ2) is 5.41. The summed E-state index contributed by atoms with van der Waals surface area (Å²) >= 11 is 18.9. The third-order valence-corrected chi connectivity index (χ3v) is 2.90. The van der Waals surface area contributed by atoms with Crippen LogP contribution in [0.5, 0.6) is 0 Å². The predicted octanol–water partition coefficient (Wildman–Crippen LogP) is 3.75. The SMILES string of the molecule is CC(C)(C)C(=O)OC(CI)C(Cl)(Cl)Cl. The molecule has 0 aromatic carbocycles.